The highest BCUT2D eigenvalue weighted by molar-refractivity contribution is 7.92. The highest BCUT2D eigenvalue weighted by Crippen LogP contribution is 2.34. The van der Waals surface area contributed by atoms with Crippen LogP contribution in [0.5, 0.6) is 5.75 Å². The molecule has 4 rings (SSSR count). The molecule has 0 aliphatic carbocycles. The molecule has 0 saturated heterocycles. The van der Waals surface area contributed by atoms with Gasteiger partial charge in [0.25, 0.3) is 15.9 Å². The molecule has 8 nitrogen and oxygen atoms in total. The highest BCUT2D eigenvalue weighted by atomic mass is 35.5. The maximum absolute atomic E-state index is 12.7. The minimum absolute atomic E-state index is 0.0901. The third-order valence-electron chi connectivity index (χ3n) is 5.08. The zero-order chi connectivity index (χ0) is 25.0. The number of carbonyl (C=O) groups excluding carboxylic acids is 1. The van der Waals surface area contributed by atoms with Crippen LogP contribution in [0.4, 0.5) is 11.4 Å². The first-order valence-corrected chi connectivity index (χ1v) is 13.2. The molecule has 1 amide bonds. The van der Waals surface area contributed by atoms with E-state index in [1.165, 1.54) is 35.6 Å². The van der Waals surface area contributed by atoms with Gasteiger partial charge in [0.05, 0.1) is 22.8 Å². The van der Waals surface area contributed by atoms with Crippen LogP contribution in [0.15, 0.2) is 70.9 Å². The Bertz CT molecular complexity index is 1470. The van der Waals surface area contributed by atoms with Crippen molar-refractivity contribution in [3.05, 3.63) is 82.2 Å². The first kappa shape index (κ1) is 24.8. The summed E-state index contributed by atoms with van der Waals surface area (Å²) in [6.45, 7) is 0.172. The molecule has 0 radical (unpaired) electrons. The molecule has 1 aromatic heterocycles. The lowest BCUT2D eigenvalue weighted by Gasteiger charge is -2.11. The number of benzene rings is 3. The molecule has 0 saturated carbocycles. The number of hydrogen-bond donors (Lipinski definition) is 4. The molecular formula is C24H22ClN3O5S2. The number of nitrogens with one attached hydrogen (secondary N) is 2. The number of fused-ring (bicyclic) bond motifs is 1. The van der Waals surface area contributed by atoms with Crippen molar-refractivity contribution < 1.29 is 23.1 Å². The fourth-order valence-corrected chi connectivity index (χ4v) is 5.70. The summed E-state index contributed by atoms with van der Waals surface area (Å²) in [5, 5.41) is 14.7. The summed E-state index contributed by atoms with van der Waals surface area (Å²) in [5.41, 5.74) is 8.32. The van der Waals surface area contributed by atoms with Crippen LogP contribution in [0, 0.1) is 0 Å². The first-order chi connectivity index (χ1) is 16.8. The van der Waals surface area contributed by atoms with E-state index in [0.717, 1.165) is 15.6 Å². The van der Waals surface area contributed by atoms with Crippen molar-refractivity contribution in [2.24, 2.45) is 0 Å². The topological polar surface area (TPSA) is 131 Å². The number of rotatable bonds is 9. The predicted octanol–water partition coefficient (Wildman–Crippen LogP) is 4.24. The van der Waals surface area contributed by atoms with Gasteiger partial charge in [0.2, 0.25) is 0 Å². The second-order valence-electron chi connectivity index (χ2n) is 7.52. The van der Waals surface area contributed by atoms with E-state index in [0.29, 0.717) is 27.7 Å². The number of aliphatic hydroxyl groups is 1. The number of aliphatic hydroxyl groups excluding tert-OH is 1. The van der Waals surface area contributed by atoms with Crippen molar-refractivity contribution in [3.8, 4) is 5.75 Å². The fraction of sp³-hybridized carbons (Fsp3) is 0.125. The van der Waals surface area contributed by atoms with Crippen LogP contribution in [-0.4, -0.2) is 32.6 Å². The Morgan fingerprint density at radius 1 is 1.11 bits per heavy atom. The van der Waals surface area contributed by atoms with Crippen LogP contribution in [0.2, 0.25) is 5.02 Å². The summed E-state index contributed by atoms with van der Waals surface area (Å²) in [5.74, 6) is 0.162. The molecule has 182 valence electrons. The first-order valence-electron chi connectivity index (χ1n) is 10.5. The van der Waals surface area contributed by atoms with Crippen LogP contribution in [0.25, 0.3) is 10.1 Å². The van der Waals surface area contributed by atoms with Crippen LogP contribution in [0.1, 0.15) is 15.9 Å². The standard InChI is InChI=1S/C24H22ClN3O5S2/c25-16-4-6-19(7-5-16)35(31,32)28-17-2-1-3-18(12-17)33-13-15-14-34-23-20(24(30)27-10-11-29)8-9-21(26)22(15)23/h1-9,12,14,28-29H,10-11,13,26H2,(H,27,30). The van der Waals surface area contributed by atoms with E-state index in [-0.39, 0.29) is 30.6 Å². The number of carbonyl (C=O) groups is 1. The number of ether oxygens (including phenoxy) is 1. The maximum atomic E-state index is 12.7. The van der Waals surface area contributed by atoms with Crippen molar-refractivity contribution in [1.29, 1.82) is 0 Å². The van der Waals surface area contributed by atoms with Gasteiger partial charge in [-0.15, -0.1) is 11.3 Å². The van der Waals surface area contributed by atoms with E-state index < -0.39 is 10.0 Å². The Kier molecular flexibility index (Phi) is 7.46. The molecule has 5 N–H and O–H groups in total. The normalized spacial score (nSPS) is 11.4. The lowest BCUT2D eigenvalue weighted by molar-refractivity contribution is 0.0946. The van der Waals surface area contributed by atoms with Gasteiger partial charge >= 0.3 is 0 Å². The van der Waals surface area contributed by atoms with E-state index in [1.807, 2.05) is 5.38 Å². The van der Waals surface area contributed by atoms with Gasteiger partial charge in [0.15, 0.2) is 0 Å². The Morgan fingerprint density at radius 2 is 1.89 bits per heavy atom. The molecule has 35 heavy (non-hydrogen) atoms. The number of anilines is 2. The molecule has 0 unspecified atom stereocenters. The zero-order valence-electron chi connectivity index (χ0n) is 18.3. The lowest BCUT2D eigenvalue weighted by atomic mass is 10.1. The zero-order valence-corrected chi connectivity index (χ0v) is 20.7. The number of nitrogens with two attached hydrogens (primary N) is 1. The Labute approximate surface area is 211 Å². The minimum Gasteiger partial charge on any atom is -0.489 e. The number of halogens is 1. The summed E-state index contributed by atoms with van der Waals surface area (Å²) in [4.78, 5) is 12.5. The van der Waals surface area contributed by atoms with Crippen molar-refractivity contribution in [1.82, 2.24) is 5.32 Å². The number of sulfonamides is 1. The fourth-order valence-electron chi connectivity index (χ4n) is 3.43. The molecule has 11 heteroatoms. The molecule has 0 aliphatic heterocycles. The maximum Gasteiger partial charge on any atom is 0.261 e. The quantitative estimate of drug-likeness (QED) is 0.239. The van der Waals surface area contributed by atoms with E-state index >= 15 is 0 Å². The van der Waals surface area contributed by atoms with Gasteiger partial charge in [-0.1, -0.05) is 17.7 Å². The van der Waals surface area contributed by atoms with Crippen molar-refractivity contribution in [3.63, 3.8) is 0 Å². The molecule has 0 fully saturated rings. The molecule has 0 spiro atoms. The molecule has 1 heterocycles. The van der Waals surface area contributed by atoms with Gasteiger partial charge < -0.3 is 20.9 Å². The third kappa shape index (κ3) is 5.68. The van der Waals surface area contributed by atoms with Crippen LogP contribution < -0.4 is 20.5 Å². The molecule has 0 atom stereocenters. The average molecular weight is 532 g/mol. The van der Waals surface area contributed by atoms with Gasteiger partial charge in [-0.2, -0.15) is 0 Å². The summed E-state index contributed by atoms with van der Waals surface area (Å²) < 4.78 is 34.5. The third-order valence-corrected chi connectivity index (χ3v) is 7.79. The van der Waals surface area contributed by atoms with Crippen LogP contribution >= 0.6 is 22.9 Å². The largest absolute Gasteiger partial charge is 0.489 e. The lowest BCUT2D eigenvalue weighted by Crippen LogP contribution is -2.26. The number of hydrogen-bond acceptors (Lipinski definition) is 7. The summed E-state index contributed by atoms with van der Waals surface area (Å²) >= 11 is 7.22. The van der Waals surface area contributed by atoms with Gasteiger partial charge in [-0.25, -0.2) is 8.42 Å². The summed E-state index contributed by atoms with van der Waals surface area (Å²) in [7, 11) is -3.79. The minimum atomic E-state index is -3.79. The number of thiophene rings is 1. The van der Waals surface area contributed by atoms with E-state index in [4.69, 9.17) is 27.2 Å². The molecule has 0 bridgehead atoms. The van der Waals surface area contributed by atoms with E-state index in [1.54, 1.807) is 36.4 Å². The average Bonchev–Trinajstić information content (AvgIpc) is 3.26. The Hall–Kier alpha value is -3.31. The van der Waals surface area contributed by atoms with Gasteiger partial charge in [-0.05, 0) is 53.9 Å². The molecule has 0 aliphatic rings. The van der Waals surface area contributed by atoms with Crippen molar-refractivity contribution >= 4 is 60.3 Å². The van der Waals surface area contributed by atoms with E-state index in [9.17, 15) is 13.2 Å². The number of amides is 1. The number of nitrogen functional groups attached to an aromatic ring is 1. The second kappa shape index (κ2) is 10.5. The van der Waals surface area contributed by atoms with Crippen molar-refractivity contribution in [2.75, 3.05) is 23.6 Å². The Balaban J connectivity index is 1.51. The summed E-state index contributed by atoms with van der Waals surface area (Å²) in [6.07, 6.45) is 0. The predicted molar refractivity (Wildman–Crippen MR) is 139 cm³/mol. The molecule has 4 aromatic rings. The molecular weight excluding hydrogens is 510 g/mol. The Morgan fingerprint density at radius 3 is 2.63 bits per heavy atom. The van der Waals surface area contributed by atoms with Gasteiger partial charge in [0, 0.05) is 39.0 Å². The van der Waals surface area contributed by atoms with Gasteiger partial charge in [-0.3, -0.25) is 9.52 Å². The van der Waals surface area contributed by atoms with Crippen LogP contribution in [-0.2, 0) is 16.6 Å². The smallest absolute Gasteiger partial charge is 0.261 e. The summed E-state index contributed by atoms with van der Waals surface area (Å²) in [6, 6.07) is 15.8. The highest BCUT2D eigenvalue weighted by Gasteiger charge is 2.17. The second-order valence-corrected chi connectivity index (χ2v) is 10.5. The monoisotopic (exact) mass is 531 g/mol. The van der Waals surface area contributed by atoms with Crippen LogP contribution in [0.3, 0.4) is 0 Å². The van der Waals surface area contributed by atoms with E-state index in [2.05, 4.69) is 10.0 Å². The molecule has 3 aromatic carbocycles. The van der Waals surface area contributed by atoms with Gasteiger partial charge in [0.1, 0.15) is 12.4 Å². The SMILES string of the molecule is Nc1ccc(C(=O)NCCO)c2scc(COc3cccc(NS(=O)(=O)c4ccc(Cl)cc4)c3)c12. The van der Waals surface area contributed by atoms with Crippen molar-refractivity contribution in [2.45, 2.75) is 11.5 Å².